The zero-order valence-corrected chi connectivity index (χ0v) is 18.6. The smallest absolute Gasteiger partial charge is 0.282 e. The Balaban J connectivity index is 1.52. The molecule has 2 aliphatic rings. The molecule has 12 heteroatoms. The van der Waals surface area contributed by atoms with E-state index in [0.29, 0.717) is 5.52 Å². The number of benzene rings is 1. The van der Waals surface area contributed by atoms with Crippen LogP contribution in [0, 0.1) is 23.5 Å². The number of halogens is 3. The number of nitrogens with one attached hydrogen (secondary N) is 1. The molecular formula is C23H20F3N7O2. The molecular weight excluding hydrogens is 463 g/mol. The van der Waals surface area contributed by atoms with Crippen molar-refractivity contribution < 1.29 is 22.8 Å². The predicted octanol–water partition coefficient (Wildman–Crippen LogP) is 2.25. The van der Waals surface area contributed by atoms with E-state index in [1.165, 1.54) is 29.0 Å². The molecule has 2 amide bonds. The van der Waals surface area contributed by atoms with Gasteiger partial charge in [0.15, 0.2) is 17.3 Å². The Morgan fingerprint density at radius 3 is 2.54 bits per heavy atom. The minimum atomic E-state index is -1.08. The van der Waals surface area contributed by atoms with E-state index >= 15 is 4.39 Å². The Morgan fingerprint density at radius 1 is 1.23 bits per heavy atom. The summed E-state index contributed by atoms with van der Waals surface area (Å²) in [6, 6.07) is 0.989. The highest BCUT2D eigenvalue weighted by atomic mass is 19.1. The summed E-state index contributed by atoms with van der Waals surface area (Å²) in [5.41, 5.74) is 5.23. The summed E-state index contributed by atoms with van der Waals surface area (Å²) in [5.74, 6) is 0.682. The molecule has 5 rings (SSSR count). The van der Waals surface area contributed by atoms with Crippen molar-refractivity contribution in [2.45, 2.75) is 24.9 Å². The van der Waals surface area contributed by atoms with E-state index in [4.69, 9.17) is 5.73 Å². The number of imidazole rings is 1. The van der Waals surface area contributed by atoms with Crippen LogP contribution in [-0.4, -0.2) is 56.2 Å². The molecule has 1 saturated heterocycles. The average molecular weight is 483 g/mol. The second-order valence-corrected chi connectivity index (χ2v) is 8.45. The molecule has 35 heavy (non-hydrogen) atoms. The van der Waals surface area contributed by atoms with Gasteiger partial charge in [-0.2, -0.15) is 5.10 Å². The topological polar surface area (TPSA) is 111 Å². The summed E-state index contributed by atoms with van der Waals surface area (Å²) in [6.45, 7) is 3.23. The lowest BCUT2D eigenvalue weighted by atomic mass is 10.1. The Labute approximate surface area is 197 Å². The number of aromatic nitrogens is 4. The summed E-state index contributed by atoms with van der Waals surface area (Å²) in [7, 11) is 1.53. The first-order valence-electron chi connectivity index (χ1n) is 10.8. The Bertz CT molecular complexity index is 1470. The zero-order chi connectivity index (χ0) is 25.0. The number of carbonyl (C=O) groups excluding carboxylic acids is 2. The fourth-order valence-electron chi connectivity index (χ4n) is 4.18. The molecule has 9 nitrogen and oxygen atoms in total. The van der Waals surface area contributed by atoms with Gasteiger partial charge < -0.3 is 20.5 Å². The van der Waals surface area contributed by atoms with Crippen LogP contribution in [0.5, 0.6) is 0 Å². The molecule has 0 unspecified atom stereocenters. The lowest BCUT2D eigenvalue weighted by Gasteiger charge is -2.39. The molecule has 2 fully saturated rings. The van der Waals surface area contributed by atoms with Crippen LogP contribution in [0.3, 0.4) is 0 Å². The lowest BCUT2D eigenvalue weighted by Crippen LogP contribution is -2.51. The van der Waals surface area contributed by atoms with Crippen molar-refractivity contribution in [3.63, 3.8) is 0 Å². The SMILES string of the molecule is C=C(F)C(=O)N1CC(n2nc(C#Cc3c(F)cc4c(ncn4C4CC4)c3F)c(C(N)=O)c2NC)C1. The fraction of sp³-hybridized carbons (Fsp3) is 0.304. The zero-order valence-electron chi connectivity index (χ0n) is 18.6. The van der Waals surface area contributed by atoms with Crippen LogP contribution in [0.15, 0.2) is 24.8 Å². The van der Waals surface area contributed by atoms with E-state index in [1.807, 2.05) is 0 Å². The van der Waals surface area contributed by atoms with Gasteiger partial charge in [0, 0.05) is 32.2 Å². The molecule has 1 aliphatic carbocycles. The monoisotopic (exact) mass is 483 g/mol. The summed E-state index contributed by atoms with van der Waals surface area (Å²) in [6.07, 6.45) is 3.34. The molecule has 3 N–H and O–H groups in total. The van der Waals surface area contributed by atoms with Gasteiger partial charge in [0.25, 0.3) is 11.8 Å². The minimum absolute atomic E-state index is 0.00726. The third-order valence-electron chi connectivity index (χ3n) is 6.13. The number of rotatable bonds is 5. The number of nitrogens with zero attached hydrogens (tertiary/aromatic N) is 5. The molecule has 2 aromatic heterocycles. The largest absolute Gasteiger partial charge is 0.373 e. The number of amides is 2. The van der Waals surface area contributed by atoms with E-state index < -0.39 is 40.9 Å². The molecule has 1 aromatic carbocycles. The summed E-state index contributed by atoms with van der Waals surface area (Å²) in [4.78, 5) is 29.2. The second-order valence-electron chi connectivity index (χ2n) is 8.45. The molecule has 0 radical (unpaired) electrons. The summed E-state index contributed by atoms with van der Waals surface area (Å²) in [5, 5.41) is 7.12. The molecule has 3 aromatic rings. The van der Waals surface area contributed by atoms with Crippen molar-refractivity contribution in [2.75, 3.05) is 25.5 Å². The van der Waals surface area contributed by atoms with Crippen LogP contribution >= 0.6 is 0 Å². The number of nitrogens with two attached hydrogens (primary N) is 1. The predicted molar refractivity (Wildman–Crippen MR) is 120 cm³/mol. The van der Waals surface area contributed by atoms with Gasteiger partial charge >= 0.3 is 0 Å². The van der Waals surface area contributed by atoms with Gasteiger partial charge in [0.1, 0.15) is 22.7 Å². The van der Waals surface area contributed by atoms with Crippen molar-refractivity contribution in [1.82, 2.24) is 24.2 Å². The highest BCUT2D eigenvalue weighted by molar-refractivity contribution is 6.00. The molecule has 0 atom stereocenters. The van der Waals surface area contributed by atoms with Gasteiger partial charge in [-0.25, -0.2) is 22.8 Å². The third kappa shape index (κ3) is 3.69. The van der Waals surface area contributed by atoms with Crippen molar-refractivity contribution in [3.8, 4) is 11.8 Å². The van der Waals surface area contributed by atoms with Crippen LogP contribution in [0.2, 0.25) is 0 Å². The summed E-state index contributed by atoms with van der Waals surface area (Å²) < 4.78 is 46.2. The van der Waals surface area contributed by atoms with E-state index in [1.54, 1.807) is 4.57 Å². The molecule has 1 aliphatic heterocycles. The third-order valence-corrected chi connectivity index (χ3v) is 6.13. The van der Waals surface area contributed by atoms with E-state index in [9.17, 15) is 18.4 Å². The maximum Gasteiger partial charge on any atom is 0.282 e. The Morgan fingerprint density at radius 2 is 1.94 bits per heavy atom. The van der Waals surface area contributed by atoms with Gasteiger partial charge in [-0.15, -0.1) is 0 Å². The number of likely N-dealkylation sites (tertiary alicyclic amines) is 1. The fourth-order valence-corrected chi connectivity index (χ4v) is 4.18. The maximum absolute atomic E-state index is 15.1. The molecule has 180 valence electrons. The Kier molecular flexibility index (Phi) is 5.27. The van der Waals surface area contributed by atoms with Gasteiger partial charge in [-0.3, -0.25) is 9.59 Å². The van der Waals surface area contributed by atoms with Gasteiger partial charge in [0.2, 0.25) is 0 Å². The summed E-state index contributed by atoms with van der Waals surface area (Å²) >= 11 is 0. The van der Waals surface area contributed by atoms with E-state index in [2.05, 4.69) is 33.8 Å². The van der Waals surface area contributed by atoms with Crippen molar-refractivity contribution in [3.05, 3.63) is 53.3 Å². The van der Waals surface area contributed by atoms with Crippen LogP contribution in [0.25, 0.3) is 11.0 Å². The molecule has 0 bridgehead atoms. The standard InChI is InChI=1S/C23H20F3N7O2/c1-11(24)23(35)31-8-13(9-31)33-22(28-2)18(21(27)34)16(30-33)6-5-14-15(25)7-17-20(19(14)26)29-10-32(17)12-3-4-12/h7,10,12-13,28H,1,3-4,8-9H2,2H3,(H2,27,34). The van der Waals surface area contributed by atoms with Gasteiger partial charge in [-0.05, 0) is 18.8 Å². The first-order chi connectivity index (χ1) is 16.7. The molecule has 3 heterocycles. The average Bonchev–Trinajstić information content (AvgIpc) is 3.42. The number of carbonyl (C=O) groups is 2. The number of hydrogen-bond donors (Lipinski definition) is 2. The Hall–Kier alpha value is -4.27. The molecule has 1 saturated carbocycles. The van der Waals surface area contributed by atoms with Gasteiger partial charge in [0.05, 0.1) is 23.4 Å². The van der Waals surface area contributed by atoms with Crippen LogP contribution in [-0.2, 0) is 4.79 Å². The highest BCUT2D eigenvalue weighted by Gasteiger charge is 2.36. The van der Waals surface area contributed by atoms with Crippen molar-refractivity contribution in [2.24, 2.45) is 5.73 Å². The minimum Gasteiger partial charge on any atom is -0.373 e. The molecule has 0 spiro atoms. The number of primary amides is 1. The highest BCUT2D eigenvalue weighted by Crippen LogP contribution is 2.38. The number of hydrogen-bond acceptors (Lipinski definition) is 5. The lowest BCUT2D eigenvalue weighted by molar-refractivity contribution is -0.134. The maximum atomic E-state index is 15.1. The number of anilines is 1. The number of fused-ring (bicyclic) bond motifs is 1. The van der Waals surface area contributed by atoms with Crippen molar-refractivity contribution >= 4 is 28.7 Å². The van der Waals surface area contributed by atoms with Crippen LogP contribution in [0.4, 0.5) is 19.0 Å². The van der Waals surface area contributed by atoms with E-state index in [-0.39, 0.29) is 41.7 Å². The van der Waals surface area contributed by atoms with Gasteiger partial charge in [-0.1, -0.05) is 12.5 Å². The van der Waals surface area contributed by atoms with Crippen LogP contribution < -0.4 is 11.1 Å². The quantitative estimate of drug-likeness (QED) is 0.427. The second kappa shape index (κ2) is 8.19. The normalized spacial score (nSPS) is 15.5. The van der Waals surface area contributed by atoms with Crippen LogP contribution in [0.1, 0.15) is 46.5 Å². The van der Waals surface area contributed by atoms with Crippen molar-refractivity contribution in [1.29, 1.82) is 0 Å². The van der Waals surface area contributed by atoms with E-state index in [0.717, 1.165) is 12.8 Å². The first-order valence-corrected chi connectivity index (χ1v) is 10.8. The first kappa shape index (κ1) is 22.5.